The molecule has 0 aromatic heterocycles. The molecule has 0 aromatic rings. The summed E-state index contributed by atoms with van der Waals surface area (Å²) in [5.74, 6) is 0.595. The zero-order valence-electron chi connectivity index (χ0n) is 5.73. The summed E-state index contributed by atoms with van der Waals surface area (Å²) in [6.45, 7) is 4.24. The lowest BCUT2D eigenvalue weighted by molar-refractivity contribution is 0.0534. The number of hydrogen-bond acceptors (Lipinski definition) is 1. The summed E-state index contributed by atoms with van der Waals surface area (Å²) in [5.41, 5.74) is 0.0428. The van der Waals surface area contributed by atoms with E-state index in [2.05, 4.69) is 42.5 Å². The quantitative estimate of drug-likeness (QED) is 0.503. The first-order valence-electron chi connectivity index (χ1n) is 3.07. The van der Waals surface area contributed by atoms with Crippen LogP contribution in [0.3, 0.4) is 0 Å². The molecule has 0 saturated carbocycles. The van der Waals surface area contributed by atoms with Gasteiger partial charge in [0.2, 0.25) is 0 Å². The second-order valence-electron chi connectivity index (χ2n) is 2.81. The van der Waals surface area contributed by atoms with Crippen molar-refractivity contribution in [2.45, 2.75) is 19.4 Å². The fraction of sp³-hybridized carbons (Fsp3) is 0.714. The first kappa shape index (κ1) is 7.38. The summed E-state index contributed by atoms with van der Waals surface area (Å²) >= 11 is 2.38. The number of halogens is 1. The highest BCUT2D eigenvalue weighted by Crippen LogP contribution is 2.29. The summed E-state index contributed by atoms with van der Waals surface area (Å²) in [6.07, 6.45) is 3.94. The average molecular weight is 238 g/mol. The van der Waals surface area contributed by atoms with Gasteiger partial charge in [-0.15, -0.1) is 0 Å². The van der Waals surface area contributed by atoms with E-state index in [-0.39, 0.29) is 5.60 Å². The standard InChI is InChI=1S/C7H11IO/c1-7(2)6(5-8)3-4-9-7/h3-4,6H,5H2,1-2H3. The van der Waals surface area contributed by atoms with Crippen LogP contribution in [0.15, 0.2) is 12.3 Å². The molecule has 1 aliphatic heterocycles. The zero-order chi connectivity index (χ0) is 6.91. The van der Waals surface area contributed by atoms with Crippen molar-refractivity contribution in [1.29, 1.82) is 0 Å². The van der Waals surface area contributed by atoms with Crippen LogP contribution in [0.4, 0.5) is 0 Å². The monoisotopic (exact) mass is 238 g/mol. The molecule has 1 nitrogen and oxygen atoms in total. The predicted molar refractivity (Wildman–Crippen MR) is 46.7 cm³/mol. The highest BCUT2D eigenvalue weighted by Gasteiger charge is 2.31. The van der Waals surface area contributed by atoms with E-state index in [1.807, 2.05) is 6.26 Å². The molecule has 1 heterocycles. The minimum absolute atomic E-state index is 0.0428. The molecule has 0 spiro atoms. The number of hydrogen-bond donors (Lipinski definition) is 0. The van der Waals surface area contributed by atoms with Crippen molar-refractivity contribution in [2.24, 2.45) is 5.92 Å². The third kappa shape index (κ3) is 1.39. The Kier molecular flexibility index (Phi) is 2.03. The minimum Gasteiger partial charge on any atom is -0.495 e. The normalized spacial score (nSPS) is 30.3. The van der Waals surface area contributed by atoms with Crippen LogP contribution >= 0.6 is 22.6 Å². The largest absolute Gasteiger partial charge is 0.495 e. The first-order valence-corrected chi connectivity index (χ1v) is 4.60. The Morgan fingerprint density at radius 3 is 2.56 bits per heavy atom. The van der Waals surface area contributed by atoms with Crippen LogP contribution < -0.4 is 0 Å². The van der Waals surface area contributed by atoms with Gasteiger partial charge >= 0.3 is 0 Å². The van der Waals surface area contributed by atoms with Crippen LogP contribution in [-0.4, -0.2) is 10.0 Å². The van der Waals surface area contributed by atoms with Crippen molar-refractivity contribution >= 4 is 22.6 Å². The molecule has 0 amide bonds. The van der Waals surface area contributed by atoms with Crippen LogP contribution in [0, 0.1) is 5.92 Å². The van der Waals surface area contributed by atoms with Gasteiger partial charge in [0.05, 0.1) is 6.26 Å². The molecule has 0 saturated heterocycles. The lowest BCUT2D eigenvalue weighted by Crippen LogP contribution is -2.28. The van der Waals surface area contributed by atoms with Crippen LogP contribution in [-0.2, 0) is 4.74 Å². The number of alkyl halides is 1. The van der Waals surface area contributed by atoms with Crippen LogP contribution in [0.2, 0.25) is 0 Å². The van der Waals surface area contributed by atoms with E-state index in [1.165, 1.54) is 0 Å². The van der Waals surface area contributed by atoms with Crippen molar-refractivity contribution < 1.29 is 4.74 Å². The molecule has 0 fully saturated rings. The van der Waals surface area contributed by atoms with Crippen LogP contribution in [0.5, 0.6) is 0 Å². The van der Waals surface area contributed by atoms with E-state index < -0.39 is 0 Å². The van der Waals surface area contributed by atoms with Crippen LogP contribution in [0.1, 0.15) is 13.8 Å². The van der Waals surface area contributed by atoms with E-state index in [0.717, 1.165) is 4.43 Å². The Bertz CT molecular complexity index is 129. The van der Waals surface area contributed by atoms with E-state index in [0.29, 0.717) is 5.92 Å². The maximum atomic E-state index is 5.36. The Labute approximate surface area is 69.6 Å². The van der Waals surface area contributed by atoms with Gasteiger partial charge in [-0.2, -0.15) is 0 Å². The van der Waals surface area contributed by atoms with E-state index in [1.54, 1.807) is 0 Å². The van der Waals surface area contributed by atoms with Gasteiger partial charge in [0.1, 0.15) is 5.60 Å². The van der Waals surface area contributed by atoms with Gasteiger partial charge in [0.15, 0.2) is 0 Å². The van der Waals surface area contributed by atoms with Crippen molar-refractivity contribution in [1.82, 2.24) is 0 Å². The molecule has 0 aromatic carbocycles. The fourth-order valence-electron chi connectivity index (χ4n) is 0.866. The molecule has 0 radical (unpaired) electrons. The SMILES string of the molecule is CC1(C)OC=CC1CI. The molecule has 0 aliphatic carbocycles. The second kappa shape index (κ2) is 2.48. The lowest BCUT2D eigenvalue weighted by atomic mass is 9.95. The summed E-state index contributed by atoms with van der Waals surface area (Å²) in [7, 11) is 0. The van der Waals surface area contributed by atoms with Gasteiger partial charge in [-0.25, -0.2) is 0 Å². The summed E-state index contributed by atoms with van der Waals surface area (Å²) in [6, 6.07) is 0. The fourth-order valence-corrected chi connectivity index (χ4v) is 2.22. The van der Waals surface area contributed by atoms with E-state index in [9.17, 15) is 0 Å². The molecule has 52 valence electrons. The van der Waals surface area contributed by atoms with E-state index in [4.69, 9.17) is 4.74 Å². The molecule has 1 rings (SSSR count). The highest BCUT2D eigenvalue weighted by molar-refractivity contribution is 14.1. The first-order chi connectivity index (χ1) is 4.17. The minimum atomic E-state index is 0.0428. The third-order valence-electron chi connectivity index (χ3n) is 1.74. The molecule has 9 heavy (non-hydrogen) atoms. The third-order valence-corrected chi connectivity index (χ3v) is 2.69. The van der Waals surface area contributed by atoms with Gasteiger partial charge in [-0.05, 0) is 19.9 Å². The Hall–Kier alpha value is 0.270. The van der Waals surface area contributed by atoms with Gasteiger partial charge in [0.25, 0.3) is 0 Å². The Morgan fingerprint density at radius 1 is 1.67 bits per heavy atom. The summed E-state index contributed by atoms with van der Waals surface area (Å²) in [5, 5.41) is 0. The molecule has 0 bridgehead atoms. The summed E-state index contributed by atoms with van der Waals surface area (Å²) < 4.78 is 6.50. The maximum absolute atomic E-state index is 5.36. The average Bonchev–Trinajstić information content (AvgIpc) is 2.08. The van der Waals surface area contributed by atoms with Crippen LogP contribution in [0.25, 0.3) is 0 Å². The molecule has 0 N–H and O–H groups in total. The molecule has 1 unspecified atom stereocenters. The Balaban J connectivity index is 2.60. The molecular weight excluding hydrogens is 227 g/mol. The number of rotatable bonds is 1. The topological polar surface area (TPSA) is 9.23 Å². The Morgan fingerprint density at radius 2 is 2.33 bits per heavy atom. The predicted octanol–water partition coefficient (Wildman–Crippen LogP) is 2.36. The van der Waals surface area contributed by atoms with Crippen molar-refractivity contribution in [3.05, 3.63) is 12.3 Å². The van der Waals surface area contributed by atoms with Gasteiger partial charge < -0.3 is 4.74 Å². The maximum Gasteiger partial charge on any atom is 0.110 e. The molecule has 1 aliphatic rings. The molecule has 2 heteroatoms. The van der Waals surface area contributed by atoms with Gasteiger partial charge in [-0.1, -0.05) is 22.6 Å². The van der Waals surface area contributed by atoms with Gasteiger partial charge in [-0.3, -0.25) is 0 Å². The van der Waals surface area contributed by atoms with E-state index >= 15 is 0 Å². The second-order valence-corrected chi connectivity index (χ2v) is 3.69. The molecule has 1 atom stereocenters. The van der Waals surface area contributed by atoms with Crippen molar-refractivity contribution in [3.63, 3.8) is 0 Å². The van der Waals surface area contributed by atoms with Crippen molar-refractivity contribution in [2.75, 3.05) is 4.43 Å². The highest BCUT2D eigenvalue weighted by atomic mass is 127. The van der Waals surface area contributed by atoms with Crippen molar-refractivity contribution in [3.8, 4) is 0 Å². The molecular formula is C7H11IO. The number of ether oxygens (including phenoxy) is 1. The summed E-state index contributed by atoms with van der Waals surface area (Å²) in [4.78, 5) is 0. The smallest absolute Gasteiger partial charge is 0.110 e. The van der Waals surface area contributed by atoms with Gasteiger partial charge in [0, 0.05) is 10.3 Å². The lowest BCUT2D eigenvalue weighted by Gasteiger charge is -2.24. The zero-order valence-corrected chi connectivity index (χ0v) is 7.88.